The Bertz CT molecular complexity index is 1380. The van der Waals surface area contributed by atoms with E-state index >= 15 is 0 Å². The van der Waals surface area contributed by atoms with Gasteiger partial charge in [-0.25, -0.2) is 12.2 Å². The Morgan fingerprint density at radius 1 is 0.686 bits per heavy atom. The van der Waals surface area contributed by atoms with Gasteiger partial charge in [0, 0.05) is 9.37 Å². The second-order valence-electron chi connectivity index (χ2n) is 8.08. The minimum absolute atomic E-state index is 0. The zero-order chi connectivity index (χ0) is 21.5. The van der Waals surface area contributed by atoms with Crippen molar-refractivity contribution in [3.63, 3.8) is 0 Å². The average molecular weight is 836 g/mol. The van der Waals surface area contributed by atoms with Crippen LogP contribution in [0.5, 0.6) is 0 Å². The molecule has 3 aliphatic rings. The van der Waals surface area contributed by atoms with E-state index in [1.807, 2.05) is 17.8 Å². The number of hydrogen-bond donors (Lipinski definition) is 0. The van der Waals surface area contributed by atoms with Crippen LogP contribution in [0.4, 0.5) is 0 Å². The molecule has 0 nitrogen and oxygen atoms in total. The maximum atomic E-state index is 3.62. The van der Waals surface area contributed by atoms with Gasteiger partial charge in [-0.3, -0.25) is 12.2 Å². The molecule has 4 aromatic rings. The maximum absolute atomic E-state index is 3.62. The Kier molecular flexibility index (Phi) is 10.7. The first kappa shape index (κ1) is 29.1. The molecule has 0 radical (unpaired) electrons. The van der Waals surface area contributed by atoms with Gasteiger partial charge in [0.15, 0.2) is 0 Å². The fraction of sp³-hybridized carbons (Fsp3) is 0.0667. The van der Waals surface area contributed by atoms with Crippen LogP contribution < -0.4 is 48.0 Å². The summed E-state index contributed by atoms with van der Waals surface area (Å²) in [4.78, 5) is 2.68. The van der Waals surface area contributed by atoms with Crippen LogP contribution in [0.25, 0.3) is 12.2 Å². The van der Waals surface area contributed by atoms with E-state index < -0.39 is 0 Å². The van der Waals surface area contributed by atoms with Gasteiger partial charge in [-0.15, -0.1) is 29.0 Å². The van der Waals surface area contributed by atoms with Crippen molar-refractivity contribution >= 4 is 39.8 Å². The van der Waals surface area contributed by atoms with E-state index in [2.05, 4.69) is 125 Å². The molecule has 0 N–H and O–H groups in total. The van der Waals surface area contributed by atoms with Gasteiger partial charge in [0.2, 0.25) is 0 Å². The van der Waals surface area contributed by atoms with Crippen LogP contribution in [0.2, 0.25) is 0 Å². The van der Waals surface area contributed by atoms with Gasteiger partial charge < -0.3 is 48.0 Å². The zero-order valence-corrected chi connectivity index (χ0v) is 27.7. The monoisotopic (exact) mass is 834 g/mol. The SMILES string of the molecule is Brc1cccc2c1C(c1ccccc1)[C-]=C2.[C-]1=Cc2c3cccc2C1c1cccc(c1)S3.[I-].[I-].[Zr+4]. The van der Waals surface area contributed by atoms with E-state index in [9.17, 15) is 0 Å². The molecule has 0 saturated heterocycles. The van der Waals surface area contributed by atoms with Gasteiger partial charge in [0.25, 0.3) is 0 Å². The summed E-state index contributed by atoms with van der Waals surface area (Å²) >= 11 is 5.47. The maximum Gasteiger partial charge on any atom is 4.00 e. The largest absolute Gasteiger partial charge is 4.00 e. The number of fused-ring (bicyclic) bond motifs is 4. The smallest absolute Gasteiger partial charge is 1.00 e. The summed E-state index contributed by atoms with van der Waals surface area (Å²) in [7, 11) is 0. The molecule has 7 rings (SSSR count). The van der Waals surface area contributed by atoms with Crippen molar-refractivity contribution in [1.29, 1.82) is 0 Å². The molecule has 2 aliphatic carbocycles. The normalized spacial score (nSPS) is 16.8. The first-order valence-electron chi connectivity index (χ1n) is 10.7. The Hall–Kier alpha value is -0.467. The molecule has 0 saturated carbocycles. The molecule has 35 heavy (non-hydrogen) atoms. The van der Waals surface area contributed by atoms with E-state index in [1.165, 1.54) is 47.6 Å². The molecule has 0 fully saturated rings. The molecule has 0 aromatic heterocycles. The third-order valence-corrected chi connectivity index (χ3v) is 7.90. The van der Waals surface area contributed by atoms with Crippen molar-refractivity contribution in [3.05, 3.63) is 141 Å². The van der Waals surface area contributed by atoms with Crippen LogP contribution in [0.1, 0.15) is 45.2 Å². The number of benzene rings is 4. The second kappa shape index (κ2) is 12.9. The zero-order valence-electron chi connectivity index (χ0n) is 18.5. The minimum Gasteiger partial charge on any atom is -1.00 e. The van der Waals surface area contributed by atoms with Gasteiger partial charge >= 0.3 is 26.2 Å². The predicted octanol–water partition coefficient (Wildman–Crippen LogP) is 2.53. The van der Waals surface area contributed by atoms with E-state index in [0.717, 1.165) is 0 Å². The molecule has 2 unspecified atom stereocenters. The molecule has 6 bridgehead atoms. The summed E-state index contributed by atoms with van der Waals surface area (Å²) in [6.07, 6.45) is 11.1. The summed E-state index contributed by atoms with van der Waals surface area (Å²) < 4.78 is 1.17. The van der Waals surface area contributed by atoms with E-state index in [0.29, 0.717) is 5.92 Å². The first-order valence-corrected chi connectivity index (χ1v) is 12.3. The van der Waals surface area contributed by atoms with Gasteiger partial charge in [0.1, 0.15) is 0 Å². The minimum atomic E-state index is 0. The topological polar surface area (TPSA) is 0 Å². The number of allylic oxidation sites excluding steroid dienone is 2. The van der Waals surface area contributed by atoms with Crippen LogP contribution in [0.3, 0.4) is 0 Å². The molecule has 2 atom stereocenters. The fourth-order valence-corrected chi connectivity index (χ4v) is 6.26. The van der Waals surface area contributed by atoms with Crippen LogP contribution in [0.15, 0.2) is 105 Å². The second-order valence-corrected chi connectivity index (χ2v) is 10.0. The van der Waals surface area contributed by atoms with Gasteiger partial charge in [0.05, 0.1) is 0 Å². The van der Waals surface area contributed by atoms with Crippen molar-refractivity contribution in [3.8, 4) is 0 Å². The average Bonchev–Trinajstić information content (AvgIpc) is 3.47. The molecule has 4 aromatic carbocycles. The van der Waals surface area contributed by atoms with Crippen molar-refractivity contribution in [2.45, 2.75) is 21.6 Å². The van der Waals surface area contributed by atoms with Crippen LogP contribution >= 0.6 is 27.7 Å². The van der Waals surface area contributed by atoms with Gasteiger partial charge in [-0.1, -0.05) is 117 Å². The Balaban J connectivity index is 0.000000180. The third-order valence-electron chi connectivity index (χ3n) is 6.14. The molecule has 1 heterocycles. The molecule has 0 amide bonds. The summed E-state index contributed by atoms with van der Waals surface area (Å²) in [6.45, 7) is 0. The molecular formula is C30H19BrI2SZr. The fourth-order valence-electron chi connectivity index (χ4n) is 4.62. The Morgan fingerprint density at radius 3 is 2.23 bits per heavy atom. The van der Waals surface area contributed by atoms with Gasteiger partial charge in [-0.05, 0) is 12.1 Å². The van der Waals surface area contributed by atoms with Gasteiger partial charge in [-0.2, -0.15) is 11.1 Å². The van der Waals surface area contributed by atoms with E-state index in [1.54, 1.807) is 0 Å². The van der Waals surface area contributed by atoms with E-state index in [-0.39, 0.29) is 80.1 Å². The summed E-state index contributed by atoms with van der Waals surface area (Å²) in [5.41, 5.74) is 8.02. The van der Waals surface area contributed by atoms with Crippen LogP contribution in [-0.2, 0) is 26.2 Å². The summed E-state index contributed by atoms with van der Waals surface area (Å²) in [6, 6.07) is 32.2. The number of halogens is 3. The molecule has 0 spiro atoms. The standard InChI is InChI=1S/C15H10Br.C15H9S.2HI.Zr/c16-14-8-4-7-12-9-10-13(15(12)14)11-5-2-1-3-6-11;1-3-10-9-11(4-1)16-15-6-2-5-13-12(10)7-8-14(13)15;;;/h1-9,13H;1-6,8-9,12H;2*1H;/q2*-1;;;+4/p-2. The van der Waals surface area contributed by atoms with Crippen LogP contribution in [-0.4, -0.2) is 0 Å². The summed E-state index contributed by atoms with van der Waals surface area (Å²) in [5, 5.41) is 0. The van der Waals surface area contributed by atoms with Crippen molar-refractivity contribution < 1.29 is 74.2 Å². The van der Waals surface area contributed by atoms with Crippen molar-refractivity contribution in [2.24, 2.45) is 0 Å². The Labute approximate surface area is 273 Å². The molecule has 170 valence electrons. The molecular weight excluding hydrogens is 817 g/mol. The molecule has 5 heteroatoms. The Morgan fingerprint density at radius 2 is 1.40 bits per heavy atom. The van der Waals surface area contributed by atoms with E-state index in [4.69, 9.17) is 0 Å². The summed E-state index contributed by atoms with van der Waals surface area (Å²) in [5.74, 6) is 0.613. The quantitative estimate of drug-likeness (QED) is 0.210. The molecule has 1 aliphatic heterocycles. The van der Waals surface area contributed by atoms with Crippen molar-refractivity contribution in [2.75, 3.05) is 0 Å². The number of hydrogen-bond acceptors (Lipinski definition) is 1. The predicted molar refractivity (Wildman–Crippen MR) is 137 cm³/mol. The number of rotatable bonds is 1. The van der Waals surface area contributed by atoms with Crippen LogP contribution in [0, 0.1) is 12.2 Å². The first-order chi connectivity index (χ1) is 15.8. The van der Waals surface area contributed by atoms with Crippen molar-refractivity contribution in [1.82, 2.24) is 0 Å². The third kappa shape index (κ3) is 5.84.